The highest BCUT2D eigenvalue weighted by Crippen LogP contribution is 2.67. The molecule has 0 spiro atoms. The van der Waals surface area contributed by atoms with Crippen LogP contribution in [0.3, 0.4) is 0 Å². The van der Waals surface area contributed by atoms with Crippen LogP contribution < -0.4 is 0 Å². The predicted octanol–water partition coefficient (Wildman–Crippen LogP) is 4.16. The van der Waals surface area contributed by atoms with Crippen LogP contribution in [0.2, 0.25) is 18.1 Å². The molecule has 2 saturated carbocycles. The Morgan fingerprint density at radius 2 is 1.94 bits per heavy atom. The second-order valence-electron chi connectivity index (χ2n) is 7.96. The molecule has 2 aliphatic rings. The van der Waals surface area contributed by atoms with Gasteiger partial charge < -0.3 is 9.22 Å². The standard InChI is InChI=1S/C15H28O2Si/c1-11(16)9-15-10-12(15)7-8-13(15)17-18(5,6)14(2,3)4/h12-13H,7-10H2,1-6H3. The van der Waals surface area contributed by atoms with Crippen molar-refractivity contribution < 1.29 is 9.22 Å². The van der Waals surface area contributed by atoms with E-state index in [0.717, 1.165) is 12.3 Å². The molecular weight excluding hydrogens is 240 g/mol. The Hall–Kier alpha value is -0.153. The van der Waals surface area contributed by atoms with E-state index in [4.69, 9.17) is 4.43 Å². The summed E-state index contributed by atoms with van der Waals surface area (Å²) in [6, 6.07) is 0. The summed E-state index contributed by atoms with van der Waals surface area (Å²) in [5.74, 6) is 1.11. The lowest BCUT2D eigenvalue weighted by molar-refractivity contribution is -0.119. The van der Waals surface area contributed by atoms with Crippen molar-refractivity contribution in [1.29, 1.82) is 0 Å². The average molecular weight is 268 g/mol. The summed E-state index contributed by atoms with van der Waals surface area (Å²) in [6.07, 6.45) is 4.77. The van der Waals surface area contributed by atoms with Gasteiger partial charge in [-0.3, -0.25) is 0 Å². The maximum atomic E-state index is 11.5. The van der Waals surface area contributed by atoms with Crippen LogP contribution in [0.4, 0.5) is 0 Å². The summed E-state index contributed by atoms with van der Waals surface area (Å²) in [5, 5.41) is 0.261. The Morgan fingerprint density at radius 3 is 2.39 bits per heavy atom. The number of ketones is 1. The molecule has 0 aromatic carbocycles. The van der Waals surface area contributed by atoms with Gasteiger partial charge in [-0.2, -0.15) is 0 Å². The molecule has 0 aliphatic heterocycles. The number of carbonyl (C=O) groups is 1. The van der Waals surface area contributed by atoms with Gasteiger partial charge in [-0.25, -0.2) is 0 Å². The molecule has 3 unspecified atom stereocenters. The van der Waals surface area contributed by atoms with Crippen molar-refractivity contribution in [3.8, 4) is 0 Å². The summed E-state index contributed by atoms with van der Waals surface area (Å²) >= 11 is 0. The third-order valence-corrected chi connectivity index (χ3v) is 10.0. The van der Waals surface area contributed by atoms with Crippen molar-refractivity contribution in [2.45, 2.75) is 77.6 Å². The Labute approximate surface area is 113 Å². The normalized spacial score (nSPS) is 35.4. The molecule has 3 atom stereocenters. The quantitative estimate of drug-likeness (QED) is 0.716. The Kier molecular flexibility index (Phi) is 3.30. The number of hydrogen-bond donors (Lipinski definition) is 0. The topological polar surface area (TPSA) is 26.3 Å². The first-order valence-corrected chi connectivity index (χ1v) is 10.2. The molecule has 2 aliphatic carbocycles. The minimum absolute atomic E-state index is 0.237. The number of carbonyl (C=O) groups excluding carboxylic acids is 1. The molecule has 0 N–H and O–H groups in total. The van der Waals surface area contributed by atoms with Gasteiger partial charge in [-0.05, 0) is 50.2 Å². The van der Waals surface area contributed by atoms with E-state index >= 15 is 0 Å². The van der Waals surface area contributed by atoms with Crippen LogP contribution in [-0.4, -0.2) is 20.2 Å². The highest BCUT2D eigenvalue weighted by Gasteiger charge is 2.64. The second kappa shape index (κ2) is 4.17. The highest BCUT2D eigenvalue weighted by molar-refractivity contribution is 6.74. The van der Waals surface area contributed by atoms with E-state index < -0.39 is 8.32 Å². The number of rotatable bonds is 4. The fourth-order valence-corrected chi connectivity index (χ4v) is 4.74. The summed E-state index contributed by atoms with van der Waals surface area (Å²) in [5.41, 5.74) is 0.237. The second-order valence-corrected chi connectivity index (χ2v) is 12.7. The molecule has 0 heterocycles. The lowest BCUT2D eigenvalue weighted by Crippen LogP contribution is -2.45. The molecular formula is C15H28O2Si. The molecule has 0 bridgehead atoms. The molecule has 0 radical (unpaired) electrons. The summed E-state index contributed by atoms with van der Waals surface area (Å²) < 4.78 is 6.61. The van der Waals surface area contributed by atoms with Crippen LogP contribution in [0.5, 0.6) is 0 Å². The zero-order chi connectivity index (χ0) is 13.8. The van der Waals surface area contributed by atoms with Gasteiger partial charge >= 0.3 is 0 Å². The molecule has 0 amide bonds. The van der Waals surface area contributed by atoms with Crippen molar-refractivity contribution in [2.75, 3.05) is 0 Å². The van der Waals surface area contributed by atoms with Gasteiger partial charge in [0.2, 0.25) is 0 Å². The summed E-state index contributed by atoms with van der Waals surface area (Å²) in [4.78, 5) is 11.5. The van der Waals surface area contributed by atoms with Crippen molar-refractivity contribution in [1.82, 2.24) is 0 Å². The Balaban J connectivity index is 2.08. The van der Waals surface area contributed by atoms with Gasteiger partial charge in [0, 0.05) is 11.8 Å². The summed E-state index contributed by atoms with van der Waals surface area (Å²) in [7, 11) is -1.69. The van der Waals surface area contributed by atoms with E-state index in [0.29, 0.717) is 11.9 Å². The van der Waals surface area contributed by atoms with Gasteiger partial charge in [0.05, 0.1) is 6.10 Å². The highest BCUT2D eigenvalue weighted by atomic mass is 28.4. The van der Waals surface area contributed by atoms with Crippen LogP contribution in [0.1, 0.15) is 53.4 Å². The van der Waals surface area contributed by atoms with Crippen molar-refractivity contribution in [3.63, 3.8) is 0 Å². The largest absolute Gasteiger partial charge is 0.413 e. The average Bonchev–Trinajstić information content (AvgIpc) is 2.75. The minimum Gasteiger partial charge on any atom is -0.413 e. The maximum absolute atomic E-state index is 11.5. The third kappa shape index (κ3) is 2.31. The van der Waals surface area contributed by atoms with Crippen LogP contribution in [0.25, 0.3) is 0 Å². The Morgan fingerprint density at radius 1 is 1.33 bits per heavy atom. The van der Waals surface area contributed by atoms with Gasteiger partial charge in [-0.1, -0.05) is 20.8 Å². The SMILES string of the molecule is CC(=O)CC12CC1CCC2O[Si](C)(C)C(C)(C)C. The lowest BCUT2D eigenvalue weighted by Gasteiger charge is -2.40. The molecule has 3 heteroatoms. The minimum atomic E-state index is -1.69. The monoisotopic (exact) mass is 268 g/mol. The van der Waals surface area contributed by atoms with Crippen LogP contribution in [-0.2, 0) is 9.22 Å². The van der Waals surface area contributed by atoms with Crippen molar-refractivity contribution in [3.05, 3.63) is 0 Å². The number of hydrogen-bond acceptors (Lipinski definition) is 2. The van der Waals surface area contributed by atoms with E-state index in [1.165, 1.54) is 19.3 Å². The molecule has 0 aromatic heterocycles. The van der Waals surface area contributed by atoms with E-state index in [1.807, 2.05) is 0 Å². The number of Topliss-reactive ketones (excluding diaryl/α,β-unsaturated/α-hetero) is 1. The lowest BCUT2D eigenvalue weighted by atomic mass is 9.94. The van der Waals surface area contributed by atoms with E-state index in [9.17, 15) is 4.79 Å². The van der Waals surface area contributed by atoms with E-state index in [2.05, 4.69) is 33.9 Å². The zero-order valence-electron chi connectivity index (χ0n) is 12.8. The first-order chi connectivity index (χ1) is 8.08. The molecule has 0 aromatic rings. The summed E-state index contributed by atoms with van der Waals surface area (Å²) in [6.45, 7) is 13.2. The molecule has 2 rings (SSSR count). The molecule has 2 nitrogen and oxygen atoms in total. The van der Waals surface area contributed by atoms with E-state index in [-0.39, 0.29) is 10.5 Å². The van der Waals surface area contributed by atoms with Gasteiger partial charge in [0.1, 0.15) is 5.78 Å². The third-order valence-electron chi connectivity index (χ3n) is 5.52. The first-order valence-electron chi connectivity index (χ1n) is 7.26. The van der Waals surface area contributed by atoms with Crippen molar-refractivity contribution >= 4 is 14.1 Å². The van der Waals surface area contributed by atoms with Gasteiger partial charge in [-0.15, -0.1) is 0 Å². The van der Waals surface area contributed by atoms with Crippen molar-refractivity contribution in [2.24, 2.45) is 11.3 Å². The molecule has 0 saturated heterocycles. The predicted molar refractivity (Wildman–Crippen MR) is 77.1 cm³/mol. The fraction of sp³-hybridized carbons (Fsp3) is 0.933. The Bertz CT molecular complexity index is 356. The fourth-order valence-electron chi connectivity index (χ4n) is 3.33. The molecule has 2 fully saturated rings. The van der Waals surface area contributed by atoms with Crippen LogP contribution in [0, 0.1) is 11.3 Å². The van der Waals surface area contributed by atoms with Gasteiger partial charge in [0.25, 0.3) is 0 Å². The number of fused-ring (bicyclic) bond motifs is 1. The molecule has 18 heavy (non-hydrogen) atoms. The molecule has 104 valence electrons. The van der Waals surface area contributed by atoms with E-state index in [1.54, 1.807) is 6.92 Å². The van der Waals surface area contributed by atoms with Gasteiger partial charge in [0.15, 0.2) is 8.32 Å². The first kappa shape index (κ1) is 14.3. The smallest absolute Gasteiger partial charge is 0.192 e. The zero-order valence-corrected chi connectivity index (χ0v) is 13.8. The van der Waals surface area contributed by atoms with Crippen LogP contribution in [0.15, 0.2) is 0 Å². The van der Waals surface area contributed by atoms with Crippen LogP contribution >= 0.6 is 0 Å². The maximum Gasteiger partial charge on any atom is 0.192 e.